The lowest BCUT2D eigenvalue weighted by atomic mass is 10.3. The Morgan fingerprint density at radius 3 is 3.12 bits per heavy atom. The van der Waals surface area contributed by atoms with Gasteiger partial charge in [-0.25, -0.2) is 9.37 Å². The minimum Gasteiger partial charge on any atom is -0.394 e. The fourth-order valence-electron chi connectivity index (χ4n) is 1.58. The lowest BCUT2D eigenvalue weighted by molar-refractivity contribution is 0.153. The summed E-state index contributed by atoms with van der Waals surface area (Å²) in [6, 6.07) is 4.07. The molecular formula is C11H14FN3O2. The van der Waals surface area contributed by atoms with Gasteiger partial charge in [-0.3, -0.25) is 0 Å². The third-order valence-corrected chi connectivity index (χ3v) is 2.37. The quantitative estimate of drug-likeness (QED) is 0.731. The Balaban J connectivity index is 2.18. The first-order chi connectivity index (χ1) is 8.22. The maximum atomic E-state index is 13.0. The number of fused-ring (bicyclic) bond motifs is 1. The van der Waals surface area contributed by atoms with Gasteiger partial charge in [0, 0.05) is 7.11 Å². The summed E-state index contributed by atoms with van der Waals surface area (Å²) in [6.45, 7) is 0.293. The Bertz CT molecular complexity index is 500. The Kier molecular flexibility index (Phi) is 3.55. The Labute approximate surface area is 97.6 Å². The first kappa shape index (κ1) is 11.8. The summed E-state index contributed by atoms with van der Waals surface area (Å²) < 4.78 is 17.9. The van der Waals surface area contributed by atoms with E-state index in [0.717, 1.165) is 0 Å². The summed E-state index contributed by atoms with van der Waals surface area (Å²) >= 11 is 0. The summed E-state index contributed by atoms with van der Waals surface area (Å²) in [5, 5.41) is 12.1. The number of hydrogen-bond acceptors (Lipinski definition) is 4. The highest BCUT2D eigenvalue weighted by atomic mass is 19.1. The number of nitrogens with one attached hydrogen (secondary N) is 2. The van der Waals surface area contributed by atoms with Crippen LogP contribution >= 0.6 is 0 Å². The van der Waals surface area contributed by atoms with Gasteiger partial charge in [0.2, 0.25) is 5.95 Å². The molecule has 0 saturated carbocycles. The molecule has 0 amide bonds. The summed E-state index contributed by atoms with van der Waals surface area (Å²) in [4.78, 5) is 7.15. The molecule has 3 N–H and O–H groups in total. The number of aliphatic hydroxyl groups excluding tert-OH is 1. The van der Waals surface area contributed by atoms with Gasteiger partial charge in [0.25, 0.3) is 0 Å². The van der Waals surface area contributed by atoms with Crippen molar-refractivity contribution in [2.75, 3.05) is 25.6 Å². The molecule has 5 nitrogen and oxygen atoms in total. The molecule has 1 aromatic carbocycles. The van der Waals surface area contributed by atoms with Gasteiger partial charge in [-0.2, -0.15) is 0 Å². The molecule has 2 rings (SSSR count). The van der Waals surface area contributed by atoms with Crippen LogP contribution in [-0.4, -0.2) is 41.4 Å². The fraction of sp³-hybridized carbons (Fsp3) is 0.364. The average molecular weight is 239 g/mol. The number of imidazole rings is 1. The van der Waals surface area contributed by atoms with Crippen LogP contribution in [-0.2, 0) is 4.74 Å². The number of anilines is 1. The van der Waals surface area contributed by atoms with E-state index in [1.165, 1.54) is 12.1 Å². The molecule has 1 atom stereocenters. The minimum absolute atomic E-state index is 0.0702. The van der Waals surface area contributed by atoms with Gasteiger partial charge in [0.15, 0.2) is 0 Å². The number of aliphatic hydroxyl groups is 1. The van der Waals surface area contributed by atoms with Crippen LogP contribution in [0.5, 0.6) is 0 Å². The number of nitrogens with zero attached hydrogens (tertiary/aromatic N) is 1. The standard InChI is InChI=1S/C11H14FN3O2/c1-17-6-8(5-16)13-11-14-9-3-2-7(12)4-10(9)15-11/h2-4,8,16H,5-6H2,1H3,(H2,13,14,15). The molecule has 0 saturated heterocycles. The van der Waals surface area contributed by atoms with Crippen molar-refractivity contribution in [1.82, 2.24) is 9.97 Å². The van der Waals surface area contributed by atoms with Crippen molar-refractivity contribution in [3.05, 3.63) is 24.0 Å². The zero-order chi connectivity index (χ0) is 12.3. The zero-order valence-electron chi connectivity index (χ0n) is 9.40. The number of halogens is 1. The van der Waals surface area contributed by atoms with Crippen molar-refractivity contribution in [2.45, 2.75) is 6.04 Å². The molecule has 0 aliphatic rings. The Morgan fingerprint density at radius 1 is 1.59 bits per heavy atom. The first-order valence-corrected chi connectivity index (χ1v) is 5.24. The van der Waals surface area contributed by atoms with Crippen LogP contribution in [0.15, 0.2) is 18.2 Å². The topological polar surface area (TPSA) is 70.2 Å². The van der Waals surface area contributed by atoms with E-state index in [1.807, 2.05) is 0 Å². The van der Waals surface area contributed by atoms with Crippen LogP contribution in [0.25, 0.3) is 11.0 Å². The normalized spacial score (nSPS) is 12.9. The molecule has 6 heteroatoms. The van der Waals surface area contributed by atoms with E-state index in [-0.39, 0.29) is 18.5 Å². The van der Waals surface area contributed by atoms with Crippen LogP contribution in [0, 0.1) is 5.82 Å². The number of hydrogen-bond donors (Lipinski definition) is 3. The lowest BCUT2D eigenvalue weighted by Gasteiger charge is -2.13. The SMILES string of the molecule is COCC(CO)Nc1nc2ccc(F)cc2[nH]1. The molecule has 0 bridgehead atoms. The molecule has 0 aliphatic heterocycles. The third kappa shape index (κ3) is 2.72. The number of ether oxygens (including phenoxy) is 1. The van der Waals surface area contributed by atoms with E-state index in [4.69, 9.17) is 9.84 Å². The van der Waals surface area contributed by atoms with Gasteiger partial charge in [-0.05, 0) is 18.2 Å². The van der Waals surface area contributed by atoms with Crippen LogP contribution in [0.4, 0.5) is 10.3 Å². The maximum absolute atomic E-state index is 13.0. The third-order valence-electron chi connectivity index (χ3n) is 2.37. The molecule has 0 aliphatic carbocycles. The highest BCUT2D eigenvalue weighted by Gasteiger charge is 2.09. The molecule has 17 heavy (non-hydrogen) atoms. The fourth-order valence-corrected chi connectivity index (χ4v) is 1.58. The number of methoxy groups -OCH3 is 1. The summed E-state index contributed by atoms with van der Waals surface area (Å²) in [5.74, 6) is 0.171. The minimum atomic E-state index is -0.316. The Morgan fingerprint density at radius 2 is 2.41 bits per heavy atom. The van der Waals surface area contributed by atoms with Gasteiger partial charge in [0.05, 0.1) is 30.3 Å². The summed E-state index contributed by atoms with van der Waals surface area (Å²) in [5.41, 5.74) is 1.28. The van der Waals surface area contributed by atoms with Crippen molar-refractivity contribution in [2.24, 2.45) is 0 Å². The van der Waals surface area contributed by atoms with E-state index in [9.17, 15) is 4.39 Å². The number of rotatable bonds is 5. The molecule has 0 spiro atoms. The van der Waals surface area contributed by atoms with Gasteiger partial charge in [-0.15, -0.1) is 0 Å². The van der Waals surface area contributed by atoms with Crippen molar-refractivity contribution in [1.29, 1.82) is 0 Å². The number of benzene rings is 1. The monoisotopic (exact) mass is 239 g/mol. The van der Waals surface area contributed by atoms with E-state index in [1.54, 1.807) is 13.2 Å². The van der Waals surface area contributed by atoms with Crippen LogP contribution in [0.3, 0.4) is 0 Å². The number of H-pyrrole nitrogens is 1. The Hall–Kier alpha value is -1.66. The first-order valence-electron chi connectivity index (χ1n) is 5.24. The van der Waals surface area contributed by atoms with Gasteiger partial charge in [-0.1, -0.05) is 0 Å². The smallest absolute Gasteiger partial charge is 0.201 e. The van der Waals surface area contributed by atoms with E-state index < -0.39 is 0 Å². The molecule has 1 unspecified atom stereocenters. The molecule has 0 fully saturated rings. The molecule has 92 valence electrons. The second kappa shape index (κ2) is 5.11. The van der Waals surface area contributed by atoms with Crippen molar-refractivity contribution in [3.8, 4) is 0 Å². The molecule has 1 heterocycles. The molecule has 0 radical (unpaired) electrons. The zero-order valence-corrected chi connectivity index (χ0v) is 9.40. The van der Waals surface area contributed by atoms with Crippen LogP contribution < -0.4 is 5.32 Å². The predicted octanol–water partition coefficient (Wildman–Crippen LogP) is 1.12. The van der Waals surface area contributed by atoms with Crippen molar-refractivity contribution in [3.63, 3.8) is 0 Å². The predicted molar refractivity (Wildman–Crippen MR) is 62.4 cm³/mol. The van der Waals surface area contributed by atoms with Crippen LogP contribution in [0.1, 0.15) is 0 Å². The largest absolute Gasteiger partial charge is 0.394 e. The second-order valence-corrected chi connectivity index (χ2v) is 3.73. The number of aromatic amines is 1. The maximum Gasteiger partial charge on any atom is 0.201 e. The van der Waals surface area contributed by atoms with Gasteiger partial charge >= 0.3 is 0 Å². The number of aromatic nitrogens is 2. The molecule has 1 aromatic heterocycles. The van der Waals surface area contributed by atoms with E-state index in [2.05, 4.69) is 15.3 Å². The molecular weight excluding hydrogens is 225 g/mol. The summed E-state index contributed by atoms with van der Waals surface area (Å²) in [7, 11) is 1.55. The lowest BCUT2D eigenvalue weighted by Crippen LogP contribution is -2.29. The van der Waals surface area contributed by atoms with Crippen LogP contribution in [0.2, 0.25) is 0 Å². The van der Waals surface area contributed by atoms with Crippen molar-refractivity contribution < 1.29 is 14.2 Å². The molecule has 2 aromatic rings. The average Bonchev–Trinajstić information content (AvgIpc) is 2.69. The van der Waals surface area contributed by atoms with Crippen molar-refractivity contribution >= 4 is 17.0 Å². The highest BCUT2D eigenvalue weighted by molar-refractivity contribution is 5.77. The van der Waals surface area contributed by atoms with Gasteiger partial charge in [0.1, 0.15) is 5.82 Å². The van der Waals surface area contributed by atoms with Gasteiger partial charge < -0.3 is 20.1 Å². The summed E-state index contributed by atoms with van der Waals surface area (Å²) in [6.07, 6.45) is 0. The van der Waals surface area contributed by atoms with E-state index in [0.29, 0.717) is 23.6 Å². The van der Waals surface area contributed by atoms with E-state index >= 15 is 0 Å². The second-order valence-electron chi connectivity index (χ2n) is 3.73. The highest BCUT2D eigenvalue weighted by Crippen LogP contribution is 2.15.